The first-order valence-corrected chi connectivity index (χ1v) is 11.6. The van der Waals surface area contributed by atoms with Crippen LogP contribution in [0.25, 0.3) is 10.6 Å². The number of aryl methyl sites for hydroxylation is 1. The van der Waals surface area contributed by atoms with Crippen LogP contribution in [0.15, 0.2) is 42.7 Å². The third kappa shape index (κ3) is 5.23. The minimum atomic E-state index is -0.00473. The molecular formula is C23H28N6O2S. The molecule has 2 N–H and O–H groups in total. The average Bonchev–Trinajstić information content (AvgIpc) is 3.29. The van der Waals surface area contributed by atoms with Crippen LogP contribution >= 0.6 is 11.3 Å². The van der Waals surface area contributed by atoms with Crippen LogP contribution in [0.1, 0.15) is 18.4 Å². The Hall–Kier alpha value is -3.04. The topological polar surface area (TPSA) is 94.5 Å². The molecule has 0 aliphatic carbocycles. The molecule has 1 amide bonds. The van der Waals surface area contributed by atoms with Gasteiger partial charge >= 0.3 is 0 Å². The van der Waals surface area contributed by atoms with Gasteiger partial charge in [-0.2, -0.15) is 0 Å². The molecule has 168 valence electrons. The number of carbonyl (C=O) groups is 1. The Balaban J connectivity index is 1.40. The minimum absolute atomic E-state index is 0.00473. The Labute approximate surface area is 192 Å². The van der Waals surface area contributed by atoms with Gasteiger partial charge in [-0.25, -0.2) is 15.0 Å². The molecule has 1 aliphatic heterocycles. The van der Waals surface area contributed by atoms with Gasteiger partial charge in [-0.15, -0.1) is 0 Å². The van der Waals surface area contributed by atoms with Crippen molar-refractivity contribution in [2.24, 2.45) is 5.92 Å². The van der Waals surface area contributed by atoms with Gasteiger partial charge in [0, 0.05) is 45.0 Å². The molecule has 3 aromatic heterocycles. The van der Waals surface area contributed by atoms with Gasteiger partial charge in [-0.1, -0.05) is 17.4 Å². The fourth-order valence-corrected chi connectivity index (χ4v) is 4.73. The molecule has 0 radical (unpaired) electrons. The Bertz CT molecular complexity index is 1060. The van der Waals surface area contributed by atoms with Crippen LogP contribution in [0.3, 0.4) is 0 Å². The number of aliphatic hydroxyl groups excluding tert-OH is 1. The highest BCUT2D eigenvalue weighted by molar-refractivity contribution is 7.18. The van der Waals surface area contributed by atoms with Gasteiger partial charge in [-0.05, 0) is 49.6 Å². The van der Waals surface area contributed by atoms with Crippen molar-refractivity contribution < 1.29 is 9.90 Å². The Kier molecular flexibility index (Phi) is 6.96. The number of pyridine rings is 2. The number of anilines is 3. The predicted molar refractivity (Wildman–Crippen MR) is 127 cm³/mol. The van der Waals surface area contributed by atoms with Crippen LogP contribution in [-0.4, -0.2) is 64.2 Å². The number of amides is 1. The quantitative estimate of drug-likeness (QED) is 0.568. The maximum absolute atomic E-state index is 12.5. The van der Waals surface area contributed by atoms with E-state index in [2.05, 4.69) is 20.2 Å². The number of aliphatic hydroxyl groups is 1. The maximum atomic E-state index is 12.5. The number of carbonyl (C=O) groups excluding carboxylic acids is 1. The molecule has 4 heterocycles. The highest BCUT2D eigenvalue weighted by atomic mass is 32.1. The third-order valence-corrected chi connectivity index (χ3v) is 6.67. The summed E-state index contributed by atoms with van der Waals surface area (Å²) in [5.74, 6) is 1.64. The van der Waals surface area contributed by atoms with E-state index in [1.807, 2.05) is 43.5 Å². The molecule has 3 aromatic rings. The Morgan fingerprint density at radius 3 is 2.81 bits per heavy atom. The number of nitrogens with one attached hydrogen (secondary N) is 1. The summed E-state index contributed by atoms with van der Waals surface area (Å²) in [5, 5.41) is 13.3. The summed E-state index contributed by atoms with van der Waals surface area (Å²) < 4.78 is 0. The SMILES string of the molecule is Cc1ccnc(Nc2cccc(-c3cnc(N4CCC(C(=O)N(C)CCO)CC4)s3)n2)c1. The van der Waals surface area contributed by atoms with Crippen molar-refractivity contribution in [1.29, 1.82) is 0 Å². The molecule has 9 heteroatoms. The van der Waals surface area contributed by atoms with Gasteiger partial charge in [0.2, 0.25) is 5.91 Å². The van der Waals surface area contributed by atoms with Gasteiger partial charge in [0.25, 0.3) is 0 Å². The molecule has 0 atom stereocenters. The van der Waals surface area contributed by atoms with Crippen LogP contribution in [0.4, 0.5) is 16.8 Å². The molecule has 4 rings (SSSR count). The van der Waals surface area contributed by atoms with Gasteiger partial charge in [-0.3, -0.25) is 4.79 Å². The summed E-state index contributed by atoms with van der Waals surface area (Å²) in [6.45, 7) is 4.00. The number of piperidine rings is 1. The second-order valence-corrected chi connectivity index (χ2v) is 9.01. The summed E-state index contributed by atoms with van der Waals surface area (Å²) >= 11 is 1.61. The lowest BCUT2D eigenvalue weighted by molar-refractivity contribution is -0.135. The lowest BCUT2D eigenvalue weighted by atomic mass is 9.95. The maximum Gasteiger partial charge on any atom is 0.225 e. The molecule has 1 fully saturated rings. The molecule has 0 unspecified atom stereocenters. The molecule has 1 aliphatic rings. The van der Waals surface area contributed by atoms with Gasteiger partial charge < -0.3 is 20.2 Å². The van der Waals surface area contributed by atoms with E-state index in [1.54, 1.807) is 29.5 Å². The molecule has 0 saturated carbocycles. The molecular weight excluding hydrogens is 424 g/mol. The molecule has 8 nitrogen and oxygen atoms in total. The van der Waals surface area contributed by atoms with Crippen LogP contribution in [0.2, 0.25) is 0 Å². The van der Waals surface area contributed by atoms with Crippen molar-refractivity contribution in [2.45, 2.75) is 19.8 Å². The standard InChI is InChI=1S/C23H28N6O2S/c1-16-6-9-24-21(14-16)27-20-5-3-4-18(26-20)19-15-25-23(32-19)29-10-7-17(8-11-29)22(31)28(2)12-13-30/h3-6,9,14-15,17,30H,7-8,10-13H2,1-2H3,(H,24,26,27). The average molecular weight is 453 g/mol. The summed E-state index contributed by atoms with van der Waals surface area (Å²) in [6, 6.07) is 9.81. The van der Waals surface area contributed by atoms with Crippen LogP contribution in [-0.2, 0) is 4.79 Å². The normalized spacial score (nSPS) is 14.4. The van der Waals surface area contributed by atoms with Crippen LogP contribution in [0, 0.1) is 12.8 Å². The number of hydrogen-bond acceptors (Lipinski definition) is 8. The Morgan fingerprint density at radius 2 is 2.06 bits per heavy atom. The first-order valence-electron chi connectivity index (χ1n) is 10.8. The van der Waals surface area contributed by atoms with Crippen molar-refractivity contribution in [3.05, 3.63) is 48.3 Å². The van der Waals surface area contributed by atoms with Crippen molar-refractivity contribution in [1.82, 2.24) is 19.9 Å². The van der Waals surface area contributed by atoms with Crippen LogP contribution in [0.5, 0.6) is 0 Å². The van der Waals surface area contributed by atoms with Crippen LogP contribution < -0.4 is 10.2 Å². The zero-order valence-electron chi connectivity index (χ0n) is 18.4. The summed E-state index contributed by atoms with van der Waals surface area (Å²) in [4.78, 5) is 31.0. The molecule has 0 spiro atoms. The second-order valence-electron chi connectivity index (χ2n) is 8.00. The van der Waals surface area contributed by atoms with Crippen molar-refractivity contribution in [2.75, 3.05) is 43.5 Å². The lowest BCUT2D eigenvalue weighted by Crippen LogP contribution is -2.42. The van der Waals surface area contributed by atoms with E-state index < -0.39 is 0 Å². The van der Waals surface area contributed by atoms with E-state index in [0.29, 0.717) is 6.54 Å². The first kappa shape index (κ1) is 22.2. The smallest absolute Gasteiger partial charge is 0.225 e. The van der Waals surface area contributed by atoms with Gasteiger partial charge in [0.1, 0.15) is 11.6 Å². The summed E-state index contributed by atoms with van der Waals surface area (Å²) in [6.07, 6.45) is 5.23. The first-order chi connectivity index (χ1) is 15.5. The lowest BCUT2D eigenvalue weighted by Gasteiger charge is -2.32. The van der Waals surface area contributed by atoms with E-state index >= 15 is 0 Å². The molecule has 0 aromatic carbocycles. The van der Waals surface area contributed by atoms with E-state index in [9.17, 15) is 4.79 Å². The summed E-state index contributed by atoms with van der Waals surface area (Å²) in [5.41, 5.74) is 2.00. The number of likely N-dealkylation sites (N-methyl/N-ethyl adjacent to an activating group) is 1. The van der Waals surface area contributed by atoms with E-state index in [0.717, 1.165) is 58.8 Å². The highest BCUT2D eigenvalue weighted by Crippen LogP contribution is 2.33. The number of nitrogens with zero attached hydrogens (tertiary/aromatic N) is 5. The highest BCUT2D eigenvalue weighted by Gasteiger charge is 2.28. The van der Waals surface area contributed by atoms with Gasteiger partial charge in [0.15, 0.2) is 5.13 Å². The molecule has 1 saturated heterocycles. The summed E-state index contributed by atoms with van der Waals surface area (Å²) in [7, 11) is 1.75. The van der Waals surface area contributed by atoms with Gasteiger partial charge in [0.05, 0.1) is 17.2 Å². The number of aromatic nitrogens is 3. The van der Waals surface area contributed by atoms with E-state index in [1.165, 1.54) is 0 Å². The molecule has 0 bridgehead atoms. The van der Waals surface area contributed by atoms with Crippen molar-refractivity contribution >= 4 is 34.0 Å². The Morgan fingerprint density at radius 1 is 1.25 bits per heavy atom. The van der Waals surface area contributed by atoms with E-state index in [4.69, 9.17) is 10.1 Å². The zero-order valence-corrected chi connectivity index (χ0v) is 19.2. The molecule has 32 heavy (non-hydrogen) atoms. The largest absolute Gasteiger partial charge is 0.395 e. The minimum Gasteiger partial charge on any atom is -0.395 e. The third-order valence-electron chi connectivity index (χ3n) is 5.59. The number of thiazole rings is 1. The fraction of sp³-hybridized carbons (Fsp3) is 0.391. The fourth-order valence-electron chi connectivity index (χ4n) is 3.80. The van der Waals surface area contributed by atoms with E-state index in [-0.39, 0.29) is 18.4 Å². The zero-order chi connectivity index (χ0) is 22.5. The van der Waals surface area contributed by atoms with Crippen molar-refractivity contribution in [3.63, 3.8) is 0 Å². The number of hydrogen-bond donors (Lipinski definition) is 2. The number of rotatable bonds is 7. The predicted octanol–water partition coefficient (Wildman–Crippen LogP) is 3.32. The monoisotopic (exact) mass is 452 g/mol. The van der Waals surface area contributed by atoms with Crippen molar-refractivity contribution in [3.8, 4) is 10.6 Å². The second kappa shape index (κ2) is 10.1.